The molecule has 19 heavy (non-hydrogen) atoms. The third kappa shape index (κ3) is 4.57. The molecule has 6 heteroatoms. The average molecular weight is 266 g/mol. The Labute approximate surface area is 111 Å². The summed E-state index contributed by atoms with van der Waals surface area (Å²) in [6.07, 6.45) is 4.31. The maximum Gasteiger partial charge on any atom is 0.338 e. The summed E-state index contributed by atoms with van der Waals surface area (Å²) in [6, 6.07) is 3.83. The second-order valence-corrected chi connectivity index (χ2v) is 4.28. The summed E-state index contributed by atoms with van der Waals surface area (Å²) in [5.74, 6) is -1.17. The molecule has 0 bridgehead atoms. The molecule has 1 aromatic carbocycles. The van der Waals surface area contributed by atoms with E-state index in [0.29, 0.717) is 12.2 Å². The van der Waals surface area contributed by atoms with Crippen molar-refractivity contribution in [2.45, 2.75) is 32.6 Å². The Balaban J connectivity index is 2.71. The molecule has 0 aliphatic rings. The van der Waals surface area contributed by atoms with Crippen molar-refractivity contribution in [2.75, 3.05) is 11.9 Å². The number of hydrogen-bond donors (Lipinski definition) is 2. The van der Waals surface area contributed by atoms with Crippen LogP contribution in [0.4, 0.5) is 11.4 Å². The second-order valence-electron chi connectivity index (χ2n) is 4.28. The van der Waals surface area contributed by atoms with Gasteiger partial charge in [0.15, 0.2) is 0 Å². The Bertz CT molecular complexity index is 460. The molecule has 0 atom stereocenters. The van der Waals surface area contributed by atoms with E-state index in [1.54, 1.807) is 0 Å². The van der Waals surface area contributed by atoms with Gasteiger partial charge in [-0.15, -0.1) is 0 Å². The van der Waals surface area contributed by atoms with Gasteiger partial charge in [-0.05, 0) is 12.5 Å². The van der Waals surface area contributed by atoms with E-state index in [1.165, 1.54) is 12.1 Å². The average Bonchev–Trinajstić information content (AvgIpc) is 2.38. The van der Waals surface area contributed by atoms with Gasteiger partial charge in [-0.25, -0.2) is 4.79 Å². The molecule has 0 aliphatic carbocycles. The first kappa shape index (κ1) is 14.9. The molecular weight excluding hydrogens is 248 g/mol. The monoisotopic (exact) mass is 266 g/mol. The standard InChI is InChI=1S/C13H18N2O4/c1-2-3-4-5-8-14-12-7-6-10(15(18)19)9-11(12)13(16)17/h6-7,9,14H,2-5,8H2,1H3,(H,16,17). The van der Waals surface area contributed by atoms with Crippen LogP contribution in [0.25, 0.3) is 0 Å². The molecule has 0 spiro atoms. The number of hydrogen-bond acceptors (Lipinski definition) is 4. The predicted octanol–water partition coefficient (Wildman–Crippen LogP) is 3.29. The number of nitrogens with zero attached hydrogens (tertiary/aromatic N) is 1. The van der Waals surface area contributed by atoms with Gasteiger partial charge in [-0.3, -0.25) is 10.1 Å². The lowest BCUT2D eigenvalue weighted by atomic mass is 10.1. The molecule has 1 aromatic rings. The molecule has 6 nitrogen and oxygen atoms in total. The third-order valence-electron chi connectivity index (χ3n) is 2.79. The van der Waals surface area contributed by atoms with Crippen LogP contribution in [0, 0.1) is 10.1 Å². The number of anilines is 1. The number of carboxylic acids is 1. The summed E-state index contributed by atoms with van der Waals surface area (Å²) in [4.78, 5) is 21.1. The number of unbranched alkanes of at least 4 members (excludes halogenated alkanes) is 3. The summed E-state index contributed by atoms with van der Waals surface area (Å²) < 4.78 is 0. The van der Waals surface area contributed by atoms with Crippen molar-refractivity contribution in [3.8, 4) is 0 Å². The van der Waals surface area contributed by atoms with E-state index in [1.807, 2.05) is 0 Å². The molecule has 0 saturated carbocycles. The van der Waals surface area contributed by atoms with Gasteiger partial charge in [0.2, 0.25) is 0 Å². The van der Waals surface area contributed by atoms with E-state index in [2.05, 4.69) is 12.2 Å². The van der Waals surface area contributed by atoms with Gasteiger partial charge < -0.3 is 10.4 Å². The minimum Gasteiger partial charge on any atom is -0.478 e. The lowest BCUT2D eigenvalue weighted by molar-refractivity contribution is -0.384. The van der Waals surface area contributed by atoms with E-state index in [-0.39, 0.29) is 11.3 Å². The van der Waals surface area contributed by atoms with Crippen molar-refractivity contribution in [1.82, 2.24) is 0 Å². The number of carbonyl (C=O) groups is 1. The first-order chi connectivity index (χ1) is 9.06. The second kappa shape index (κ2) is 7.35. The highest BCUT2D eigenvalue weighted by atomic mass is 16.6. The van der Waals surface area contributed by atoms with Gasteiger partial charge in [0, 0.05) is 24.4 Å². The largest absolute Gasteiger partial charge is 0.478 e. The summed E-state index contributed by atoms with van der Waals surface area (Å²) >= 11 is 0. The number of nitro groups is 1. The van der Waals surface area contributed by atoms with E-state index >= 15 is 0 Å². The van der Waals surface area contributed by atoms with Crippen LogP contribution in [0.15, 0.2) is 18.2 Å². The summed E-state index contributed by atoms with van der Waals surface area (Å²) in [5, 5.41) is 22.7. The summed E-state index contributed by atoms with van der Waals surface area (Å²) in [5.41, 5.74) is 0.147. The van der Waals surface area contributed by atoms with E-state index in [4.69, 9.17) is 5.11 Å². The highest BCUT2D eigenvalue weighted by Gasteiger charge is 2.15. The van der Waals surface area contributed by atoms with Crippen LogP contribution in [0.2, 0.25) is 0 Å². The molecule has 0 heterocycles. The molecule has 0 fully saturated rings. The van der Waals surface area contributed by atoms with Crippen molar-refractivity contribution < 1.29 is 14.8 Å². The van der Waals surface area contributed by atoms with Crippen LogP contribution in [-0.2, 0) is 0 Å². The Morgan fingerprint density at radius 3 is 2.68 bits per heavy atom. The molecule has 104 valence electrons. The smallest absolute Gasteiger partial charge is 0.338 e. The van der Waals surface area contributed by atoms with Gasteiger partial charge in [0.05, 0.1) is 10.5 Å². The number of non-ortho nitro benzene ring substituents is 1. The van der Waals surface area contributed by atoms with E-state index in [0.717, 1.165) is 31.7 Å². The fourth-order valence-electron chi connectivity index (χ4n) is 1.75. The Hall–Kier alpha value is -2.11. The first-order valence-corrected chi connectivity index (χ1v) is 6.32. The molecule has 1 rings (SSSR count). The maximum absolute atomic E-state index is 11.1. The van der Waals surface area contributed by atoms with Gasteiger partial charge in [-0.2, -0.15) is 0 Å². The molecule has 0 amide bonds. The van der Waals surface area contributed by atoms with Crippen LogP contribution in [0.5, 0.6) is 0 Å². The van der Waals surface area contributed by atoms with Gasteiger partial charge in [0.25, 0.3) is 5.69 Å². The van der Waals surface area contributed by atoms with Crippen LogP contribution < -0.4 is 5.32 Å². The number of aromatic carboxylic acids is 1. The van der Waals surface area contributed by atoms with Crippen LogP contribution in [0.1, 0.15) is 43.0 Å². The molecule has 0 aromatic heterocycles. The van der Waals surface area contributed by atoms with Crippen LogP contribution >= 0.6 is 0 Å². The number of nitrogens with one attached hydrogen (secondary N) is 1. The minimum atomic E-state index is -1.17. The zero-order chi connectivity index (χ0) is 14.3. The van der Waals surface area contributed by atoms with Crippen LogP contribution in [-0.4, -0.2) is 22.5 Å². The SMILES string of the molecule is CCCCCCNc1ccc([N+](=O)[O-])cc1C(=O)O. The molecule has 0 radical (unpaired) electrons. The highest BCUT2D eigenvalue weighted by Crippen LogP contribution is 2.22. The Morgan fingerprint density at radius 1 is 1.37 bits per heavy atom. The lowest BCUT2D eigenvalue weighted by Crippen LogP contribution is -2.08. The van der Waals surface area contributed by atoms with Crippen molar-refractivity contribution in [2.24, 2.45) is 0 Å². The number of nitro benzene ring substituents is 1. The highest BCUT2D eigenvalue weighted by molar-refractivity contribution is 5.95. The van der Waals surface area contributed by atoms with Gasteiger partial charge in [-0.1, -0.05) is 26.2 Å². The summed E-state index contributed by atoms with van der Waals surface area (Å²) in [7, 11) is 0. The van der Waals surface area contributed by atoms with Crippen molar-refractivity contribution in [1.29, 1.82) is 0 Å². The zero-order valence-corrected chi connectivity index (χ0v) is 10.9. The topological polar surface area (TPSA) is 92.5 Å². The maximum atomic E-state index is 11.1. The fourth-order valence-corrected chi connectivity index (χ4v) is 1.75. The molecule has 2 N–H and O–H groups in total. The predicted molar refractivity (Wildman–Crippen MR) is 72.7 cm³/mol. The quantitative estimate of drug-likeness (QED) is 0.428. The van der Waals surface area contributed by atoms with Crippen molar-refractivity contribution in [3.63, 3.8) is 0 Å². The number of carboxylic acid groups (broad SMARTS) is 1. The van der Waals surface area contributed by atoms with Crippen LogP contribution in [0.3, 0.4) is 0 Å². The van der Waals surface area contributed by atoms with Crippen molar-refractivity contribution in [3.05, 3.63) is 33.9 Å². The third-order valence-corrected chi connectivity index (χ3v) is 2.79. The lowest BCUT2D eigenvalue weighted by Gasteiger charge is -2.09. The Morgan fingerprint density at radius 2 is 2.11 bits per heavy atom. The Kier molecular flexibility index (Phi) is 5.78. The number of rotatable bonds is 8. The normalized spacial score (nSPS) is 10.2. The molecular formula is C13H18N2O4. The minimum absolute atomic E-state index is 0.0651. The molecule has 0 aliphatic heterocycles. The van der Waals surface area contributed by atoms with E-state index in [9.17, 15) is 14.9 Å². The summed E-state index contributed by atoms with van der Waals surface area (Å²) in [6.45, 7) is 2.78. The number of benzene rings is 1. The van der Waals surface area contributed by atoms with Gasteiger partial charge >= 0.3 is 5.97 Å². The van der Waals surface area contributed by atoms with Crippen molar-refractivity contribution >= 4 is 17.3 Å². The van der Waals surface area contributed by atoms with Gasteiger partial charge in [0.1, 0.15) is 0 Å². The molecule has 0 unspecified atom stereocenters. The first-order valence-electron chi connectivity index (χ1n) is 6.32. The zero-order valence-electron chi connectivity index (χ0n) is 10.9. The van der Waals surface area contributed by atoms with E-state index < -0.39 is 10.9 Å². The molecule has 0 saturated heterocycles. The fraction of sp³-hybridized carbons (Fsp3) is 0.462.